The van der Waals surface area contributed by atoms with Crippen molar-refractivity contribution in [3.63, 3.8) is 0 Å². The van der Waals surface area contributed by atoms with Gasteiger partial charge in [-0.05, 0) is 38.4 Å². The summed E-state index contributed by atoms with van der Waals surface area (Å²) in [6, 6.07) is 9.11. The molecule has 2 bridgehead atoms. The zero-order valence-electron chi connectivity index (χ0n) is 18.5. The summed E-state index contributed by atoms with van der Waals surface area (Å²) in [7, 11) is 6.06. The van der Waals surface area contributed by atoms with E-state index in [-0.39, 0.29) is 13.1 Å². The minimum atomic E-state index is -1.68. The predicted molar refractivity (Wildman–Crippen MR) is 113 cm³/mol. The largest absolute Gasteiger partial charge is 0.468 e. The van der Waals surface area contributed by atoms with Crippen LogP contribution >= 0.6 is 0 Å². The Morgan fingerprint density at radius 3 is 1.66 bits per heavy atom. The van der Waals surface area contributed by atoms with E-state index in [4.69, 9.17) is 9.47 Å². The summed E-state index contributed by atoms with van der Waals surface area (Å²) >= 11 is 0. The predicted octanol–water partition coefficient (Wildman–Crippen LogP) is 1.04. The van der Waals surface area contributed by atoms with Gasteiger partial charge in [-0.25, -0.2) is 0 Å². The summed E-state index contributed by atoms with van der Waals surface area (Å²) in [5.41, 5.74) is -2.29. The van der Waals surface area contributed by atoms with Crippen LogP contribution in [0, 0.1) is 10.8 Å². The number of fused-ring (bicyclic) bond motifs is 2. The zero-order chi connectivity index (χ0) is 23.1. The van der Waals surface area contributed by atoms with E-state index in [0.29, 0.717) is 11.4 Å². The Morgan fingerprint density at radius 1 is 0.875 bits per heavy atom. The number of carbonyl (C=O) groups is 3. The number of methoxy groups -OCH3 is 2. The van der Waals surface area contributed by atoms with E-state index in [9.17, 15) is 14.4 Å². The van der Waals surface area contributed by atoms with Gasteiger partial charge in [0, 0.05) is 25.5 Å². The molecule has 2 fully saturated rings. The van der Waals surface area contributed by atoms with Gasteiger partial charge in [0.15, 0.2) is 16.6 Å². The van der Waals surface area contributed by atoms with Crippen LogP contribution < -0.4 is 0 Å². The lowest BCUT2D eigenvalue weighted by atomic mass is 9.54. The first kappa shape index (κ1) is 22.0. The normalized spacial score (nSPS) is 30.6. The first-order valence-corrected chi connectivity index (χ1v) is 10.3. The average Bonchev–Trinajstić information content (AvgIpc) is 2.81. The lowest BCUT2D eigenvalue weighted by molar-refractivity contribution is -0.202. The summed E-state index contributed by atoms with van der Waals surface area (Å²) in [5.74, 6) is -1.93. The van der Waals surface area contributed by atoms with E-state index in [1.54, 1.807) is 62.9 Å². The van der Waals surface area contributed by atoms with E-state index >= 15 is 0 Å². The van der Waals surface area contributed by atoms with Crippen molar-refractivity contribution < 1.29 is 23.9 Å². The number of carbonyl (C=O) groups excluding carboxylic acids is 3. The first-order chi connectivity index (χ1) is 15.3. The fourth-order valence-corrected chi connectivity index (χ4v) is 5.61. The van der Waals surface area contributed by atoms with E-state index in [1.807, 2.05) is 9.80 Å². The monoisotopic (exact) mass is 438 g/mol. The number of piperidine rings is 2. The van der Waals surface area contributed by atoms with Crippen molar-refractivity contribution in [2.45, 2.75) is 12.1 Å². The smallest absolute Gasteiger partial charge is 0.322 e. The molecule has 0 saturated carbocycles. The van der Waals surface area contributed by atoms with Gasteiger partial charge in [-0.3, -0.25) is 29.3 Å². The number of ketones is 1. The highest BCUT2D eigenvalue weighted by atomic mass is 16.5. The van der Waals surface area contributed by atoms with Gasteiger partial charge in [0.1, 0.15) is 0 Å². The highest BCUT2D eigenvalue weighted by Crippen LogP contribution is 2.59. The van der Waals surface area contributed by atoms with Gasteiger partial charge < -0.3 is 14.4 Å². The van der Waals surface area contributed by atoms with Crippen molar-refractivity contribution in [2.75, 3.05) is 41.4 Å². The minimum Gasteiger partial charge on any atom is -0.468 e. The second-order valence-corrected chi connectivity index (χ2v) is 8.41. The second kappa shape index (κ2) is 8.07. The molecule has 0 amide bonds. The van der Waals surface area contributed by atoms with Crippen LogP contribution in [0.25, 0.3) is 0 Å². The molecule has 32 heavy (non-hydrogen) atoms. The number of nitrogens with zero attached hydrogens (tertiary/aromatic N) is 4. The molecular formula is C23H26N4O5. The topological polar surface area (TPSA) is 102 Å². The molecule has 0 aromatic carbocycles. The number of aromatic nitrogens is 2. The quantitative estimate of drug-likeness (QED) is 0.512. The summed E-state index contributed by atoms with van der Waals surface area (Å²) in [5, 5.41) is 0. The van der Waals surface area contributed by atoms with Gasteiger partial charge in [0.2, 0.25) is 0 Å². The zero-order valence-corrected chi connectivity index (χ0v) is 18.5. The van der Waals surface area contributed by atoms with Crippen LogP contribution in [-0.2, 0) is 23.9 Å². The molecule has 0 aliphatic carbocycles. The lowest BCUT2D eigenvalue weighted by Crippen LogP contribution is -2.75. The van der Waals surface area contributed by atoms with Gasteiger partial charge in [-0.2, -0.15) is 0 Å². The van der Waals surface area contributed by atoms with Crippen LogP contribution in [-0.4, -0.2) is 78.9 Å². The van der Waals surface area contributed by atoms with Gasteiger partial charge >= 0.3 is 11.9 Å². The molecule has 2 aromatic heterocycles. The Balaban J connectivity index is 2.07. The fraction of sp³-hybridized carbons (Fsp3) is 0.435. The Labute approximate surface area is 186 Å². The van der Waals surface area contributed by atoms with E-state index in [2.05, 4.69) is 9.97 Å². The standard InChI is InChI=1S/C23H26N4O5/c1-26-13-22(20(29)31-3)17(15-9-5-7-11-24-15)27(2)18(16-10-6-8-12-25-16)23(14-26,19(22)28)21(30)32-4/h5-12,17-18H,13-14H2,1-4H3/t17?,18?,22-,23+. The molecule has 4 atom stereocenters. The van der Waals surface area contributed by atoms with E-state index < -0.39 is 40.6 Å². The van der Waals surface area contributed by atoms with E-state index in [1.165, 1.54) is 14.2 Å². The van der Waals surface area contributed by atoms with E-state index in [0.717, 1.165) is 0 Å². The second-order valence-electron chi connectivity index (χ2n) is 8.41. The van der Waals surface area contributed by atoms with Gasteiger partial charge in [0.25, 0.3) is 0 Å². The molecule has 9 heteroatoms. The summed E-state index contributed by atoms with van der Waals surface area (Å²) in [6.45, 7) is 0.162. The van der Waals surface area contributed by atoms with Crippen LogP contribution in [0.3, 0.4) is 0 Å². The van der Waals surface area contributed by atoms with Crippen LogP contribution in [0.1, 0.15) is 23.5 Å². The number of rotatable bonds is 4. The van der Waals surface area contributed by atoms with Crippen molar-refractivity contribution in [2.24, 2.45) is 10.8 Å². The third kappa shape index (κ3) is 2.88. The molecular weight excluding hydrogens is 412 g/mol. The maximum Gasteiger partial charge on any atom is 0.322 e. The van der Waals surface area contributed by atoms with Crippen molar-refractivity contribution in [1.82, 2.24) is 19.8 Å². The summed E-state index contributed by atoms with van der Waals surface area (Å²) < 4.78 is 10.4. The number of hydrogen-bond donors (Lipinski definition) is 0. The Bertz CT molecular complexity index is 954. The Hall–Kier alpha value is -3.17. The molecule has 2 aliphatic rings. The molecule has 2 aromatic rings. The molecule has 4 heterocycles. The van der Waals surface area contributed by atoms with Crippen molar-refractivity contribution >= 4 is 17.7 Å². The summed E-state index contributed by atoms with van der Waals surface area (Å²) in [6.07, 6.45) is 3.23. The maximum absolute atomic E-state index is 14.4. The molecule has 9 nitrogen and oxygen atoms in total. The van der Waals surface area contributed by atoms with Crippen LogP contribution in [0.4, 0.5) is 0 Å². The maximum atomic E-state index is 14.4. The van der Waals surface area contributed by atoms with Crippen LogP contribution in [0.15, 0.2) is 48.8 Å². The Kier molecular flexibility index (Phi) is 5.56. The molecule has 2 saturated heterocycles. The van der Waals surface area contributed by atoms with Crippen molar-refractivity contribution in [1.29, 1.82) is 0 Å². The third-order valence-corrected chi connectivity index (χ3v) is 6.63. The van der Waals surface area contributed by atoms with Gasteiger partial charge in [-0.15, -0.1) is 0 Å². The number of Topliss-reactive ketones (excluding diaryl/α,β-unsaturated/α-hetero) is 1. The van der Waals surface area contributed by atoms with Gasteiger partial charge in [0.05, 0.1) is 37.7 Å². The lowest BCUT2D eigenvalue weighted by Gasteiger charge is -2.60. The number of pyridine rings is 2. The highest BCUT2D eigenvalue weighted by molar-refractivity contribution is 6.17. The highest BCUT2D eigenvalue weighted by Gasteiger charge is 2.75. The molecule has 0 spiro atoms. The summed E-state index contributed by atoms with van der Waals surface area (Å²) in [4.78, 5) is 53.8. The molecule has 0 N–H and O–H groups in total. The molecule has 4 rings (SSSR count). The van der Waals surface area contributed by atoms with Crippen molar-refractivity contribution in [3.05, 3.63) is 60.2 Å². The number of hydrogen-bond acceptors (Lipinski definition) is 9. The van der Waals surface area contributed by atoms with Crippen LogP contribution in [0.5, 0.6) is 0 Å². The first-order valence-electron chi connectivity index (χ1n) is 10.3. The average molecular weight is 438 g/mol. The molecule has 2 unspecified atom stereocenters. The van der Waals surface area contributed by atoms with Crippen molar-refractivity contribution in [3.8, 4) is 0 Å². The van der Waals surface area contributed by atoms with Crippen LogP contribution in [0.2, 0.25) is 0 Å². The molecule has 2 aliphatic heterocycles. The number of esters is 2. The van der Waals surface area contributed by atoms with Gasteiger partial charge in [-0.1, -0.05) is 12.1 Å². The Morgan fingerprint density at radius 2 is 1.31 bits per heavy atom. The molecule has 168 valence electrons. The minimum absolute atomic E-state index is 0.0811. The molecule has 0 radical (unpaired) electrons. The number of ether oxygens (including phenoxy) is 2. The SMILES string of the molecule is COC(=O)[C@@]12CN(C)C[C@@](C(=O)OC)(C1=O)C(c1ccccn1)N(C)C2c1ccccn1. The fourth-order valence-electron chi connectivity index (χ4n) is 5.61. The number of likely N-dealkylation sites (tertiary alicyclic amines) is 2. The third-order valence-electron chi connectivity index (χ3n) is 6.63.